The monoisotopic (exact) mass is 281 g/mol. The Morgan fingerprint density at radius 3 is 2.50 bits per heavy atom. The molecule has 0 bridgehead atoms. The first-order valence-corrected chi connectivity index (χ1v) is 6.72. The molecule has 0 heterocycles. The summed E-state index contributed by atoms with van der Waals surface area (Å²) in [5, 5.41) is 0. The van der Waals surface area contributed by atoms with Gasteiger partial charge in [-0.3, -0.25) is 9.69 Å². The summed E-state index contributed by atoms with van der Waals surface area (Å²) in [5.74, 6) is 0.350. The molecule has 0 unspecified atom stereocenters. The first-order chi connectivity index (χ1) is 9.45. The van der Waals surface area contributed by atoms with E-state index in [2.05, 4.69) is 18.1 Å². The van der Waals surface area contributed by atoms with Gasteiger partial charge >= 0.3 is 0 Å². The molecule has 5 heteroatoms. The Morgan fingerprint density at radius 1 is 1.25 bits per heavy atom. The standard InChI is InChI=1S/C15H27N3O2/c1-5-6-8-14(2)20-12-7-9-17(3)10-11-18(4)13-15(16)19/h5-6,8H,1-2,7,9-13H2,3-4H3,(H2,16,19)/b8-6-. The van der Waals surface area contributed by atoms with Gasteiger partial charge in [-0.05, 0) is 26.6 Å². The molecule has 0 spiro atoms. The highest BCUT2D eigenvalue weighted by Gasteiger charge is 2.04. The molecule has 0 aromatic rings. The van der Waals surface area contributed by atoms with Crippen LogP contribution < -0.4 is 5.73 Å². The predicted molar refractivity (Wildman–Crippen MR) is 83.2 cm³/mol. The second-order valence-electron chi connectivity index (χ2n) is 4.77. The van der Waals surface area contributed by atoms with Crippen molar-refractivity contribution in [2.24, 2.45) is 5.73 Å². The van der Waals surface area contributed by atoms with Crippen molar-refractivity contribution in [3.05, 3.63) is 37.1 Å². The van der Waals surface area contributed by atoms with E-state index in [1.165, 1.54) is 0 Å². The van der Waals surface area contributed by atoms with Crippen molar-refractivity contribution in [3.8, 4) is 0 Å². The van der Waals surface area contributed by atoms with E-state index in [0.717, 1.165) is 26.1 Å². The molecule has 0 aliphatic carbocycles. The molecular weight excluding hydrogens is 254 g/mol. The average molecular weight is 281 g/mol. The van der Waals surface area contributed by atoms with E-state index in [0.29, 0.717) is 18.9 Å². The molecule has 0 saturated heterocycles. The lowest BCUT2D eigenvalue weighted by Gasteiger charge is -2.21. The van der Waals surface area contributed by atoms with Crippen LogP contribution in [-0.2, 0) is 9.53 Å². The fraction of sp³-hybridized carbons (Fsp3) is 0.533. The Hall–Kier alpha value is -1.59. The third-order valence-corrected chi connectivity index (χ3v) is 2.68. The number of ether oxygens (including phenoxy) is 1. The van der Waals surface area contributed by atoms with Gasteiger partial charge < -0.3 is 15.4 Å². The van der Waals surface area contributed by atoms with E-state index in [9.17, 15) is 4.79 Å². The Kier molecular flexibility index (Phi) is 10.4. The summed E-state index contributed by atoms with van der Waals surface area (Å²) in [6, 6.07) is 0. The SMILES string of the molecule is C=C/C=C\C(=C)OCCCN(C)CCN(C)CC(N)=O. The van der Waals surface area contributed by atoms with Crippen molar-refractivity contribution in [2.75, 3.05) is 46.9 Å². The highest BCUT2D eigenvalue weighted by molar-refractivity contribution is 5.75. The van der Waals surface area contributed by atoms with Crippen molar-refractivity contribution in [1.82, 2.24) is 9.80 Å². The number of hydrogen-bond donors (Lipinski definition) is 1. The van der Waals surface area contributed by atoms with Crippen LogP contribution in [0, 0.1) is 0 Å². The quantitative estimate of drug-likeness (QED) is 0.329. The van der Waals surface area contributed by atoms with Crippen LogP contribution in [0.3, 0.4) is 0 Å². The van der Waals surface area contributed by atoms with Crippen LogP contribution in [0.5, 0.6) is 0 Å². The Balaban J connectivity index is 3.60. The zero-order valence-corrected chi connectivity index (χ0v) is 12.7. The van der Waals surface area contributed by atoms with Crippen LogP contribution in [-0.4, -0.2) is 62.6 Å². The van der Waals surface area contributed by atoms with Gasteiger partial charge in [0.1, 0.15) is 5.76 Å². The predicted octanol–water partition coefficient (Wildman–Crippen LogP) is 0.998. The normalized spacial score (nSPS) is 11.2. The van der Waals surface area contributed by atoms with Gasteiger partial charge in [0.15, 0.2) is 0 Å². The lowest BCUT2D eigenvalue weighted by atomic mass is 10.4. The maximum absolute atomic E-state index is 10.7. The van der Waals surface area contributed by atoms with E-state index < -0.39 is 0 Å². The molecule has 0 aromatic carbocycles. The van der Waals surface area contributed by atoms with Gasteiger partial charge in [-0.2, -0.15) is 0 Å². The first-order valence-electron chi connectivity index (χ1n) is 6.72. The van der Waals surface area contributed by atoms with Crippen LogP contribution in [0.25, 0.3) is 0 Å². The molecule has 5 nitrogen and oxygen atoms in total. The largest absolute Gasteiger partial charge is 0.494 e. The number of carbonyl (C=O) groups excluding carboxylic acids is 1. The molecule has 0 fully saturated rings. The Bertz CT molecular complexity index is 340. The third kappa shape index (κ3) is 11.5. The smallest absolute Gasteiger partial charge is 0.231 e. The average Bonchev–Trinajstić information content (AvgIpc) is 2.38. The van der Waals surface area contributed by atoms with Gasteiger partial charge in [-0.1, -0.05) is 25.3 Å². The van der Waals surface area contributed by atoms with Gasteiger partial charge in [0.2, 0.25) is 5.91 Å². The number of nitrogens with two attached hydrogens (primary N) is 1. The minimum absolute atomic E-state index is 0.297. The number of primary amides is 1. The summed E-state index contributed by atoms with van der Waals surface area (Å²) >= 11 is 0. The number of hydrogen-bond acceptors (Lipinski definition) is 4. The van der Waals surface area contributed by atoms with Gasteiger partial charge in [-0.25, -0.2) is 0 Å². The maximum Gasteiger partial charge on any atom is 0.231 e. The fourth-order valence-electron chi connectivity index (χ4n) is 1.56. The summed E-state index contributed by atoms with van der Waals surface area (Å²) in [6.45, 7) is 10.9. The van der Waals surface area contributed by atoms with Crippen molar-refractivity contribution in [2.45, 2.75) is 6.42 Å². The second kappa shape index (κ2) is 11.3. The van der Waals surface area contributed by atoms with Crippen molar-refractivity contribution < 1.29 is 9.53 Å². The van der Waals surface area contributed by atoms with Crippen LogP contribution in [0.15, 0.2) is 37.1 Å². The highest BCUT2D eigenvalue weighted by Crippen LogP contribution is 1.98. The number of rotatable bonds is 12. The van der Waals surface area contributed by atoms with E-state index in [-0.39, 0.29) is 5.91 Å². The highest BCUT2D eigenvalue weighted by atomic mass is 16.5. The first kappa shape index (κ1) is 18.4. The molecule has 0 rings (SSSR count). The fourth-order valence-corrected chi connectivity index (χ4v) is 1.56. The van der Waals surface area contributed by atoms with E-state index in [4.69, 9.17) is 10.5 Å². The summed E-state index contributed by atoms with van der Waals surface area (Å²) < 4.78 is 5.45. The van der Waals surface area contributed by atoms with Crippen LogP contribution in [0.2, 0.25) is 0 Å². The number of nitrogens with zero attached hydrogens (tertiary/aromatic N) is 2. The number of amides is 1. The molecule has 20 heavy (non-hydrogen) atoms. The minimum Gasteiger partial charge on any atom is -0.494 e. The van der Waals surface area contributed by atoms with E-state index >= 15 is 0 Å². The van der Waals surface area contributed by atoms with Crippen LogP contribution >= 0.6 is 0 Å². The van der Waals surface area contributed by atoms with Crippen LogP contribution in [0.4, 0.5) is 0 Å². The molecule has 0 atom stereocenters. The Morgan fingerprint density at radius 2 is 1.90 bits per heavy atom. The molecule has 0 aromatic heterocycles. The van der Waals surface area contributed by atoms with Crippen molar-refractivity contribution >= 4 is 5.91 Å². The molecule has 0 radical (unpaired) electrons. The third-order valence-electron chi connectivity index (χ3n) is 2.68. The summed E-state index contributed by atoms with van der Waals surface area (Å²) in [7, 11) is 3.93. The lowest BCUT2D eigenvalue weighted by Crippen LogP contribution is -2.36. The lowest BCUT2D eigenvalue weighted by molar-refractivity contribution is -0.118. The number of allylic oxidation sites excluding steroid dienone is 3. The summed E-state index contributed by atoms with van der Waals surface area (Å²) in [5.41, 5.74) is 5.13. The topological polar surface area (TPSA) is 58.8 Å². The molecule has 114 valence electrons. The second-order valence-corrected chi connectivity index (χ2v) is 4.77. The molecule has 0 saturated carbocycles. The van der Waals surface area contributed by atoms with Crippen molar-refractivity contribution in [3.63, 3.8) is 0 Å². The molecule has 2 N–H and O–H groups in total. The van der Waals surface area contributed by atoms with Crippen LogP contribution in [0.1, 0.15) is 6.42 Å². The Labute approximate surface area is 122 Å². The van der Waals surface area contributed by atoms with Crippen molar-refractivity contribution in [1.29, 1.82) is 0 Å². The molecule has 1 amide bonds. The maximum atomic E-state index is 10.7. The minimum atomic E-state index is -0.297. The zero-order valence-electron chi connectivity index (χ0n) is 12.7. The summed E-state index contributed by atoms with van der Waals surface area (Å²) in [6.07, 6.45) is 6.19. The molecular formula is C15H27N3O2. The number of likely N-dealkylation sites (N-methyl/N-ethyl adjacent to an activating group) is 2. The van der Waals surface area contributed by atoms with E-state index in [1.54, 1.807) is 18.2 Å². The van der Waals surface area contributed by atoms with Gasteiger partial charge in [-0.15, -0.1) is 0 Å². The summed E-state index contributed by atoms with van der Waals surface area (Å²) in [4.78, 5) is 14.8. The van der Waals surface area contributed by atoms with E-state index in [1.807, 2.05) is 19.0 Å². The van der Waals surface area contributed by atoms with Gasteiger partial charge in [0.05, 0.1) is 13.2 Å². The molecule has 0 aliphatic rings. The number of carbonyl (C=O) groups is 1. The zero-order chi connectivity index (χ0) is 15.4. The molecule has 0 aliphatic heterocycles. The van der Waals surface area contributed by atoms with Gasteiger partial charge in [0, 0.05) is 19.6 Å². The van der Waals surface area contributed by atoms with Gasteiger partial charge in [0.25, 0.3) is 0 Å².